The second-order valence-corrected chi connectivity index (χ2v) is 5.74. The lowest BCUT2D eigenvalue weighted by Gasteiger charge is -2.12. The van der Waals surface area contributed by atoms with Crippen molar-refractivity contribution in [2.75, 3.05) is 6.54 Å². The third-order valence-corrected chi connectivity index (χ3v) is 4.40. The van der Waals surface area contributed by atoms with Crippen molar-refractivity contribution in [1.29, 1.82) is 0 Å². The van der Waals surface area contributed by atoms with Gasteiger partial charge in [-0.05, 0) is 31.5 Å². The van der Waals surface area contributed by atoms with Crippen molar-refractivity contribution < 1.29 is 0 Å². The molecule has 0 radical (unpaired) electrons. The maximum Gasteiger partial charge on any atom is 0.0794 e. The number of hydrogen-bond acceptors (Lipinski definition) is 4. The van der Waals surface area contributed by atoms with Gasteiger partial charge in [0.05, 0.1) is 11.0 Å². The average molecular weight is 283 g/mol. The first kappa shape index (κ1) is 13.2. The fraction of sp³-hybridized carbons (Fsp3) is 0.250. The normalized spacial score (nSPS) is 12.7. The molecule has 0 fully saturated rings. The fourth-order valence-electron chi connectivity index (χ4n) is 2.33. The maximum atomic E-state index is 4.49. The molecule has 1 N–H and O–H groups in total. The van der Waals surface area contributed by atoms with Gasteiger partial charge >= 0.3 is 0 Å². The van der Waals surface area contributed by atoms with Crippen LogP contribution in [0.4, 0.5) is 0 Å². The Balaban J connectivity index is 1.66. The van der Waals surface area contributed by atoms with E-state index in [0.717, 1.165) is 18.5 Å². The summed E-state index contributed by atoms with van der Waals surface area (Å²) in [6.45, 7) is 3.11. The van der Waals surface area contributed by atoms with Crippen LogP contribution >= 0.6 is 11.3 Å². The number of nitrogens with one attached hydrogen (secondary N) is 1. The van der Waals surface area contributed by atoms with E-state index in [9.17, 15) is 0 Å². The van der Waals surface area contributed by atoms with Gasteiger partial charge in [-0.25, -0.2) is 0 Å². The summed E-state index contributed by atoms with van der Waals surface area (Å²) in [5.74, 6) is 0. The third-order valence-electron chi connectivity index (χ3n) is 3.44. The van der Waals surface area contributed by atoms with Crippen molar-refractivity contribution in [2.24, 2.45) is 0 Å². The van der Waals surface area contributed by atoms with E-state index in [1.54, 1.807) is 11.3 Å². The minimum absolute atomic E-state index is 0.352. The van der Waals surface area contributed by atoms with E-state index in [-0.39, 0.29) is 0 Å². The first-order valence-corrected chi connectivity index (χ1v) is 7.67. The van der Waals surface area contributed by atoms with Crippen LogP contribution < -0.4 is 5.32 Å². The first-order chi connectivity index (χ1) is 9.84. The molecule has 2 aromatic heterocycles. The Kier molecular flexibility index (Phi) is 4.04. The summed E-state index contributed by atoms with van der Waals surface area (Å²) in [6, 6.07) is 10.8. The smallest absolute Gasteiger partial charge is 0.0794 e. The molecule has 1 unspecified atom stereocenters. The zero-order chi connectivity index (χ0) is 13.8. The van der Waals surface area contributed by atoms with Crippen molar-refractivity contribution in [1.82, 2.24) is 15.3 Å². The molecule has 0 saturated carbocycles. The second kappa shape index (κ2) is 6.11. The summed E-state index contributed by atoms with van der Waals surface area (Å²) in [6.07, 6.45) is 4.78. The Morgan fingerprint density at radius 1 is 1.25 bits per heavy atom. The predicted octanol–water partition coefficient (Wildman–Crippen LogP) is 3.58. The number of fused-ring (bicyclic) bond motifs is 1. The van der Waals surface area contributed by atoms with Crippen LogP contribution in [0.15, 0.2) is 48.2 Å². The largest absolute Gasteiger partial charge is 0.309 e. The van der Waals surface area contributed by atoms with Gasteiger partial charge in [-0.2, -0.15) is 0 Å². The molecule has 1 atom stereocenters. The Morgan fingerprint density at radius 2 is 2.15 bits per heavy atom. The van der Waals surface area contributed by atoms with Crippen LogP contribution in [-0.4, -0.2) is 16.5 Å². The SMILES string of the molecule is CC(NCCc1cccc2cccnc12)c1cncs1. The van der Waals surface area contributed by atoms with Crippen LogP contribution in [0.2, 0.25) is 0 Å². The minimum Gasteiger partial charge on any atom is -0.309 e. The lowest BCUT2D eigenvalue weighted by atomic mass is 10.1. The van der Waals surface area contributed by atoms with Gasteiger partial charge in [0.2, 0.25) is 0 Å². The van der Waals surface area contributed by atoms with E-state index in [0.29, 0.717) is 6.04 Å². The van der Waals surface area contributed by atoms with Gasteiger partial charge in [0, 0.05) is 28.7 Å². The first-order valence-electron chi connectivity index (χ1n) is 6.79. The number of hydrogen-bond donors (Lipinski definition) is 1. The van der Waals surface area contributed by atoms with Crippen molar-refractivity contribution in [3.05, 3.63) is 58.7 Å². The lowest BCUT2D eigenvalue weighted by molar-refractivity contribution is 0.584. The van der Waals surface area contributed by atoms with E-state index in [4.69, 9.17) is 0 Å². The molecule has 0 aliphatic heterocycles. The third kappa shape index (κ3) is 2.86. The number of nitrogens with zero attached hydrogens (tertiary/aromatic N) is 2. The van der Waals surface area contributed by atoms with Crippen molar-refractivity contribution >= 4 is 22.2 Å². The van der Waals surface area contributed by atoms with Crippen molar-refractivity contribution in [2.45, 2.75) is 19.4 Å². The van der Waals surface area contributed by atoms with E-state index >= 15 is 0 Å². The Morgan fingerprint density at radius 3 is 3.00 bits per heavy atom. The highest BCUT2D eigenvalue weighted by molar-refractivity contribution is 7.09. The van der Waals surface area contributed by atoms with E-state index in [1.165, 1.54) is 15.8 Å². The minimum atomic E-state index is 0.352. The highest BCUT2D eigenvalue weighted by Crippen LogP contribution is 2.18. The molecule has 0 aliphatic rings. The zero-order valence-corrected chi connectivity index (χ0v) is 12.2. The molecule has 4 heteroatoms. The van der Waals surface area contributed by atoms with Crippen LogP contribution in [0.1, 0.15) is 23.4 Å². The molecule has 0 spiro atoms. The average Bonchev–Trinajstić information content (AvgIpc) is 3.02. The topological polar surface area (TPSA) is 37.8 Å². The molecule has 3 rings (SSSR count). The molecule has 3 aromatic rings. The van der Waals surface area contributed by atoms with Crippen molar-refractivity contribution in [3.63, 3.8) is 0 Å². The van der Waals surface area contributed by atoms with Gasteiger partial charge in [0.15, 0.2) is 0 Å². The van der Waals surface area contributed by atoms with Gasteiger partial charge in [-0.15, -0.1) is 11.3 Å². The summed E-state index contributed by atoms with van der Waals surface area (Å²) in [5, 5.41) is 4.75. The fourth-order valence-corrected chi connectivity index (χ4v) is 2.99. The second-order valence-electron chi connectivity index (χ2n) is 4.82. The molecule has 2 heterocycles. The van der Waals surface area contributed by atoms with E-state index in [2.05, 4.69) is 46.5 Å². The summed E-state index contributed by atoms with van der Waals surface area (Å²) >= 11 is 1.69. The predicted molar refractivity (Wildman–Crippen MR) is 84.0 cm³/mol. The molecular weight excluding hydrogens is 266 g/mol. The number of thiazole rings is 1. The van der Waals surface area contributed by atoms with E-state index in [1.807, 2.05) is 24.0 Å². The Hall–Kier alpha value is -1.78. The molecule has 1 aromatic carbocycles. The molecule has 0 amide bonds. The van der Waals surface area contributed by atoms with Crippen LogP contribution in [0, 0.1) is 0 Å². The maximum absolute atomic E-state index is 4.49. The Labute approximate surface area is 122 Å². The summed E-state index contributed by atoms with van der Waals surface area (Å²) in [4.78, 5) is 9.89. The van der Waals surface area contributed by atoms with Crippen LogP contribution in [-0.2, 0) is 6.42 Å². The lowest BCUT2D eigenvalue weighted by Crippen LogP contribution is -2.20. The van der Waals surface area contributed by atoms with Gasteiger partial charge in [-0.1, -0.05) is 24.3 Å². The van der Waals surface area contributed by atoms with Crippen LogP contribution in [0.5, 0.6) is 0 Å². The van der Waals surface area contributed by atoms with Gasteiger partial charge in [0.1, 0.15) is 0 Å². The highest BCUT2D eigenvalue weighted by atomic mass is 32.1. The molecule has 102 valence electrons. The molecular formula is C16H17N3S. The highest BCUT2D eigenvalue weighted by Gasteiger charge is 2.07. The van der Waals surface area contributed by atoms with Gasteiger partial charge in [0.25, 0.3) is 0 Å². The molecule has 20 heavy (non-hydrogen) atoms. The number of benzene rings is 1. The molecule has 0 saturated heterocycles. The van der Waals surface area contributed by atoms with Crippen LogP contribution in [0.25, 0.3) is 10.9 Å². The number of pyridine rings is 1. The molecule has 0 aliphatic carbocycles. The van der Waals surface area contributed by atoms with Gasteiger partial charge in [-0.3, -0.25) is 9.97 Å². The van der Waals surface area contributed by atoms with E-state index < -0.39 is 0 Å². The quantitative estimate of drug-likeness (QED) is 0.777. The summed E-state index contributed by atoms with van der Waals surface area (Å²) in [5.41, 5.74) is 4.29. The molecule has 3 nitrogen and oxygen atoms in total. The summed E-state index contributed by atoms with van der Waals surface area (Å²) in [7, 11) is 0. The van der Waals surface area contributed by atoms with Crippen molar-refractivity contribution in [3.8, 4) is 0 Å². The Bertz CT molecular complexity index is 674. The summed E-state index contributed by atoms with van der Waals surface area (Å²) < 4.78 is 0. The van der Waals surface area contributed by atoms with Gasteiger partial charge < -0.3 is 5.32 Å². The number of rotatable bonds is 5. The standard InChI is InChI=1S/C16H17N3S/c1-12(15-10-17-11-20-15)18-9-7-14-5-2-4-13-6-3-8-19-16(13)14/h2-6,8,10-12,18H,7,9H2,1H3. The molecule has 0 bridgehead atoms. The monoisotopic (exact) mass is 283 g/mol. The number of para-hydroxylation sites is 1. The zero-order valence-electron chi connectivity index (χ0n) is 11.4. The number of aromatic nitrogens is 2. The van der Waals surface area contributed by atoms with Crippen LogP contribution in [0.3, 0.4) is 0 Å².